The molecule has 8 heteroatoms. The van der Waals surface area contributed by atoms with Gasteiger partial charge in [0.05, 0.1) is 5.56 Å². The largest absolute Gasteiger partial charge is 0.439 e. The summed E-state index contributed by atoms with van der Waals surface area (Å²) in [5.74, 6) is -1.57. The summed E-state index contributed by atoms with van der Waals surface area (Å²) >= 11 is 4.73. The van der Waals surface area contributed by atoms with Crippen molar-refractivity contribution in [1.82, 2.24) is 4.98 Å². The van der Waals surface area contributed by atoms with Gasteiger partial charge in [0.2, 0.25) is 5.88 Å². The predicted octanol–water partition coefficient (Wildman–Crippen LogP) is 3.67. The lowest BCUT2D eigenvalue weighted by Crippen LogP contribution is -2.11. The maximum atomic E-state index is 13.1. The number of alkyl halides is 3. The second-order valence-electron chi connectivity index (χ2n) is 3.97. The number of thiocarbonyl (C=S) groups is 1. The molecule has 0 saturated carbocycles. The van der Waals surface area contributed by atoms with Gasteiger partial charge < -0.3 is 10.5 Å². The van der Waals surface area contributed by atoms with E-state index in [0.29, 0.717) is 12.1 Å². The Labute approximate surface area is 122 Å². The smallest absolute Gasteiger partial charge is 0.419 e. The maximum Gasteiger partial charge on any atom is 0.419 e. The molecule has 2 rings (SSSR count). The van der Waals surface area contributed by atoms with E-state index < -0.39 is 17.6 Å². The van der Waals surface area contributed by atoms with Crippen LogP contribution < -0.4 is 10.5 Å². The Morgan fingerprint density at radius 3 is 2.52 bits per heavy atom. The quantitative estimate of drug-likeness (QED) is 0.693. The fourth-order valence-electron chi connectivity index (χ4n) is 1.51. The minimum Gasteiger partial charge on any atom is -0.439 e. The molecule has 1 heterocycles. The topological polar surface area (TPSA) is 48.1 Å². The molecule has 1 aromatic carbocycles. The van der Waals surface area contributed by atoms with E-state index in [-0.39, 0.29) is 22.3 Å². The first-order valence-corrected chi connectivity index (χ1v) is 5.99. The highest BCUT2D eigenvalue weighted by molar-refractivity contribution is 7.80. The normalized spacial score (nSPS) is 11.2. The molecule has 0 atom stereocenters. The molecule has 1 aromatic heterocycles. The van der Waals surface area contributed by atoms with Crippen LogP contribution >= 0.6 is 12.2 Å². The number of hydrogen-bond acceptors (Lipinski definition) is 3. The van der Waals surface area contributed by atoms with Crippen molar-refractivity contribution in [3.05, 3.63) is 53.5 Å². The van der Waals surface area contributed by atoms with E-state index in [1.165, 1.54) is 18.2 Å². The first kappa shape index (κ1) is 15.2. The van der Waals surface area contributed by atoms with Gasteiger partial charge in [-0.05, 0) is 24.3 Å². The second-order valence-corrected chi connectivity index (χ2v) is 4.41. The molecule has 2 N–H and O–H groups in total. The number of hydrogen-bond donors (Lipinski definition) is 1. The average Bonchev–Trinajstić information content (AvgIpc) is 2.40. The van der Waals surface area contributed by atoms with Crippen molar-refractivity contribution in [1.29, 1.82) is 0 Å². The Morgan fingerprint density at radius 2 is 1.90 bits per heavy atom. The minimum atomic E-state index is -4.81. The number of aromatic nitrogens is 1. The third-order valence-electron chi connectivity index (χ3n) is 2.44. The van der Waals surface area contributed by atoms with Crippen LogP contribution in [0.25, 0.3) is 0 Å². The van der Waals surface area contributed by atoms with Gasteiger partial charge in [-0.3, -0.25) is 0 Å². The van der Waals surface area contributed by atoms with Crippen LogP contribution in [-0.4, -0.2) is 9.97 Å². The highest BCUT2D eigenvalue weighted by Crippen LogP contribution is 2.34. The Hall–Kier alpha value is -2.22. The zero-order valence-electron chi connectivity index (χ0n) is 10.3. The third kappa shape index (κ3) is 3.66. The number of halogens is 4. The Kier molecular flexibility index (Phi) is 4.08. The molecule has 0 radical (unpaired) electrons. The van der Waals surface area contributed by atoms with Gasteiger partial charge in [-0.1, -0.05) is 18.3 Å². The van der Waals surface area contributed by atoms with Crippen LogP contribution in [0.15, 0.2) is 36.4 Å². The molecular weight excluding hydrogens is 308 g/mol. The van der Waals surface area contributed by atoms with Gasteiger partial charge in [0.1, 0.15) is 22.2 Å². The number of ether oxygens (including phenoxy) is 1. The van der Waals surface area contributed by atoms with Crippen molar-refractivity contribution >= 4 is 17.2 Å². The molecule has 0 saturated heterocycles. The second kappa shape index (κ2) is 5.65. The lowest BCUT2D eigenvalue weighted by molar-refractivity contribution is -0.140. The van der Waals surface area contributed by atoms with Gasteiger partial charge in [-0.2, -0.15) is 13.2 Å². The molecule has 110 valence electrons. The average molecular weight is 316 g/mol. The zero-order chi connectivity index (χ0) is 15.6. The maximum absolute atomic E-state index is 13.1. The van der Waals surface area contributed by atoms with Gasteiger partial charge in [-0.25, -0.2) is 9.37 Å². The molecule has 0 unspecified atom stereocenters. The van der Waals surface area contributed by atoms with Crippen LogP contribution in [-0.2, 0) is 6.18 Å². The molecule has 0 aliphatic heterocycles. The summed E-state index contributed by atoms with van der Waals surface area (Å²) in [4.78, 5) is 3.94. The van der Waals surface area contributed by atoms with E-state index in [9.17, 15) is 17.6 Å². The molecule has 0 spiro atoms. The Morgan fingerprint density at radius 1 is 1.19 bits per heavy atom. The molecule has 0 amide bonds. The first-order chi connectivity index (χ1) is 9.77. The molecule has 0 bridgehead atoms. The summed E-state index contributed by atoms with van der Waals surface area (Å²) in [5, 5.41) is 0. The summed E-state index contributed by atoms with van der Waals surface area (Å²) in [7, 11) is 0. The predicted molar refractivity (Wildman–Crippen MR) is 71.6 cm³/mol. The fraction of sp³-hybridized carbons (Fsp3) is 0.0769. The number of rotatable bonds is 3. The van der Waals surface area contributed by atoms with E-state index in [1.54, 1.807) is 0 Å². The van der Waals surface area contributed by atoms with Crippen molar-refractivity contribution in [3.8, 4) is 11.6 Å². The van der Waals surface area contributed by atoms with Crippen LogP contribution in [0, 0.1) is 5.82 Å². The summed E-state index contributed by atoms with van der Waals surface area (Å²) in [6.45, 7) is 0. The van der Waals surface area contributed by atoms with Crippen LogP contribution in [0.1, 0.15) is 11.3 Å². The van der Waals surface area contributed by atoms with Crippen molar-refractivity contribution in [2.75, 3.05) is 0 Å². The summed E-state index contributed by atoms with van der Waals surface area (Å²) < 4.78 is 56.1. The molecule has 0 fully saturated rings. The summed E-state index contributed by atoms with van der Waals surface area (Å²) in [6, 6.07) is 6.78. The highest BCUT2D eigenvalue weighted by atomic mass is 32.1. The molecular formula is C13H8F4N2OS. The summed E-state index contributed by atoms with van der Waals surface area (Å²) in [5.41, 5.74) is 4.25. The van der Waals surface area contributed by atoms with Gasteiger partial charge in [0, 0.05) is 6.07 Å². The van der Waals surface area contributed by atoms with Crippen molar-refractivity contribution in [3.63, 3.8) is 0 Å². The van der Waals surface area contributed by atoms with Crippen LogP contribution in [0.3, 0.4) is 0 Å². The minimum absolute atomic E-state index is 0.0000302. The highest BCUT2D eigenvalue weighted by Gasteiger charge is 2.34. The Bertz CT molecular complexity index is 688. The first-order valence-electron chi connectivity index (χ1n) is 5.59. The molecule has 0 aliphatic rings. The fourth-order valence-corrected chi connectivity index (χ4v) is 1.63. The van der Waals surface area contributed by atoms with Crippen molar-refractivity contribution in [2.24, 2.45) is 5.73 Å². The van der Waals surface area contributed by atoms with Crippen LogP contribution in [0.5, 0.6) is 11.6 Å². The Balaban J connectivity index is 2.32. The van der Waals surface area contributed by atoms with Gasteiger partial charge in [0.25, 0.3) is 0 Å². The summed E-state index contributed by atoms with van der Waals surface area (Å²) in [6.07, 6.45) is -4.81. The zero-order valence-corrected chi connectivity index (χ0v) is 11.1. The molecule has 2 aromatic rings. The van der Waals surface area contributed by atoms with E-state index >= 15 is 0 Å². The number of nitrogens with zero attached hydrogens (tertiary/aromatic N) is 1. The number of pyridine rings is 1. The van der Waals surface area contributed by atoms with Crippen LogP contribution in [0.2, 0.25) is 0 Å². The standard InChI is InChI=1S/C13H8F4N2OS/c14-9-5-4-7(6-8(9)13(15,16)17)20-11-3-1-2-10(19-11)12(18)21/h1-6H,(H2,18,21). The number of nitrogens with two attached hydrogens (primary N) is 1. The van der Waals surface area contributed by atoms with Gasteiger partial charge in [0.15, 0.2) is 0 Å². The SMILES string of the molecule is NC(=S)c1cccc(Oc2ccc(F)c(C(F)(F)F)c2)n1. The van der Waals surface area contributed by atoms with Gasteiger partial charge in [-0.15, -0.1) is 0 Å². The molecule has 3 nitrogen and oxygen atoms in total. The van der Waals surface area contributed by atoms with Gasteiger partial charge >= 0.3 is 6.18 Å². The van der Waals surface area contributed by atoms with E-state index in [4.69, 9.17) is 22.7 Å². The van der Waals surface area contributed by atoms with Crippen molar-refractivity contribution < 1.29 is 22.3 Å². The van der Waals surface area contributed by atoms with E-state index in [1.807, 2.05) is 0 Å². The van der Waals surface area contributed by atoms with E-state index in [0.717, 1.165) is 6.07 Å². The lowest BCUT2D eigenvalue weighted by atomic mass is 10.2. The molecule has 21 heavy (non-hydrogen) atoms. The third-order valence-corrected chi connectivity index (χ3v) is 2.65. The number of benzene rings is 1. The lowest BCUT2D eigenvalue weighted by Gasteiger charge is -2.11. The van der Waals surface area contributed by atoms with Crippen LogP contribution in [0.4, 0.5) is 17.6 Å². The molecule has 0 aliphatic carbocycles. The van der Waals surface area contributed by atoms with Crippen molar-refractivity contribution in [2.45, 2.75) is 6.18 Å². The monoisotopic (exact) mass is 316 g/mol. The van der Waals surface area contributed by atoms with E-state index in [2.05, 4.69) is 4.98 Å².